The highest BCUT2D eigenvalue weighted by Gasteiger charge is 2.16. The molecule has 0 aromatic carbocycles. The predicted octanol–water partition coefficient (Wildman–Crippen LogP) is 2.99. The van der Waals surface area contributed by atoms with Gasteiger partial charge in [-0.2, -0.15) is 0 Å². The molecule has 0 bridgehead atoms. The minimum Gasteiger partial charge on any atom is -0.392 e. The van der Waals surface area contributed by atoms with Gasteiger partial charge in [0.1, 0.15) is 0 Å². The number of hydrogen-bond acceptors (Lipinski definition) is 4. The zero-order valence-electron chi connectivity index (χ0n) is 12.9. The molecule has 5 heteroatoms. The van der Waals surface area contributed by atoms with Crippen molar-refractivity contribution in [2.24, 2.45) is 0 Å². The van der Waals surface area contributed by atoms with Gasteiger partial charge in [0.2, 0.25) is 0 Å². The summed E-state index contributed by atoms with van der Waals surface area (Å²) in [7, 11) is 0. The molecule has 0 radical (unpaired) electrons. The number of ether oxygens (including phenoxy) is 1. The van der Waals surface area contributed by atoms with Crippen LogP contribution in [0.15, 0.2) is 42.6 Å². The van der Waals surface area contributed by atoms with Crippen LogP contribution in [0, 0.1) is 0 Å². The van der Waals surface area contributed by atoms with Crippen LogP contribution >= 0.6 is 11.3 Å². The molecule has 120 valence electrons. The van der Waals surface area contributed by atoms with Gasteiger partial charge in [-0.1, -0.05) is 6.07 Å². The maximum absolute atomic E-state index is 9.72. The van der Waals surface area contributed by atoms with Crippen LogP contribution in [0.2, 0.25) is 0 Å². The lowest BCUT2D eigenvalue weighted by molar-refractivity contribution is 0.0346. The molecule has 4 nitrogen and oxygen atoms in total. The molecule has 0 spiro atoms. The second kappa shape index (κ2) is 6.45. The van der Waals surface area contributed by atoms with E-state index in [1.165, 1.54) is 9.75 Å². The second-order valence-electron chi connectivity index (χ2n) is 5.83. The number of nitrogens with zero attached hydrogens (tertiary/aromatic N) is 2. The highest BCUT2D eigenvalue weighted by atomic mass is 32.1. The molecule has 0 amide bonds. The van der Waals surface area contributed by atoms with Crippen molar-refractivity contribution in [2.45, 2.75) is 13.2 Å². The number of aliphatic hydroxyl groups is 1. The maximum Gasteiger partial charge on any atom is 0.0703 e. The number of rotatable bonds is 4. The summed E-state index contributed by atoms with van der Waals surface area (Å²) in [5, 5.41) is 9.72. The molecule has 0 saturated carbocycles. The molecule has 1 saturated heterocycles. The lowest BCUT2D eigenvalue weighted by atomic mass is 10.2. The van der Waals surface area contributed by atoms with Gasteiger partial charge in [0.05, 0.1) is 30.4 Å². The Balaban J connectivity index is 1.66. The summed E-state index contributed by atoms with van der Waals surface area (Å²) in [5.41, 5.74) is 3.21. The van der Waals surface area contributed by atoms with E-state index in [0.29, 0.717) is 0 Å². The standard InChI is InChI=1S/C18H20N2O2S/c21-13-14-11-15-3-1-2-6-20(15)18(14)17-5-4-16(23-17)12-19-7-9-22-10-8-19/h1-6,11,21H,7-10,12-13H2. The number of morpholine rings is 1. The lowest BCUT2D eigenvalue weighted by Crippen LogP contribution is -2.35. The third-order valence-electron chi connectivity index (χ3n) is 4.31. The minimum absolute atomic E-state index is 0.0632. The van der Waals surface area contributed by atoms with E-state index in [1.807, 2.05) is 23.5 Å². The Hall–Kier alpha value is -1.66. The molecule has 4 rings (SSSR count). The summed E-state index contributed by atoms with van der Waals surface area (Å²) in [6.45, 7) is 4.71. The van der Waals surface area contributed by atoms with Crippen LogP contribution in [0.3, 0.4) is 0 Å². The summed E-state index contributed by atoms with van der Waals surface area (Å²) >= 11 is 1.81. The fourth-order valence-corrected chi connectivity index (χ4v) is 4.27. The lowest BCUT2D eigenvalue weighted by Gasteiger charge is -2.25. The van der Waals surface area contributed by atoms with Crippen molar-refractivity contribution < 1.29 is 9.84 Å². The van der Waals surface area contributed by atoms with Gasteiger partial charge in [-0.25, -0.2) is 0 Å². The number of aliphatic hydroxyl groups excluding tert-OH is 1. The molecule has 3 aromatic heterocycles. The van der Waals surface area contributed by atoms with Crippen LogP contribution in [0.5, 0.6) is 0 Å². The SMILES string of the molecule is OCc1cc2ccccn2c1-c1ccc(CN2CCOCC2)s1. The molecule has 3 aromatic rings. The molecule has 1 aliphatic heterocycles. The van der Waals surface area contributed by atoms with Gasteiger partial charge in [0.25, 0.3) is 0 Å². The topological polar surface area (TPSA) is 37.1 Å². The van der Waals surface area contributed by atoms with E-state index in [4.69, 9.17) is 4.74 Å². The predicted molar refractivity (Wildman–Crippen MR) is 92.7 cm³/mol. The zero-order valence-corrected chi connectivity index (χ0v) is 13.8. The van der Waals surface area contributed by atoms with E-state index in [1.54, 1.807) is 0 Å². The van der Waals surface area contributed by atoms with E-state index in [9.17, 15) is 5.11 Å². The summed E-state index contributed by atoms with van der Waals surface area (Å²) in [6.07, 6.45) is 2.06. The Morgan fingerprint density at radius 3 is 2.83 bits per heavy atom. The highest BCUT2D eigenvalue weighted by molar-refractivity contribution is 7.15. The molecule has 4 heterocycles. The summed E-state index contributed by atoms with van der Waals surface area (Å²) in [5.74, 6) is 0. The Morgan fingerprint density at radius 1 is 1.13 bits per heavy atom. The van der Waals surface area contributed by atoms with Crippen LogP contribution < -0.4 is 0 Å². The van der Waals surface area contributed by atoms with Gasteiger partial charge in [-0.05, 0) is 30.3 Å². The first-order valence-electron chi connectivity index (χ1n) is 7.94. The zero-order chi connectivity index (χ0) is 15.6. The molecule has 0 atom stereocenters. The van der Waals surface area contributed by atoms with E-state index in [-0.39, 0.29) is 6.61 Å². The quantitative estimate of drug-likeness (QED) is 0.800. The monoisotopic (exact) mass is 328 g/mol. The minimum atomic E-state index is 0.0632. The molecular formula is C18H20N2O2S. The van der Waals surface area contributed by atoms with Gasteiger partial charge < -0.3 is 14.2 Å². The van der Waals surface area contributed by atoms with Gasteiger partial charge in [-0.15, -0.1) is 11.3 Å². The van der Waals surface area contributed by atoms with Gasteiger partial charge in [0, 0.05) is 41.8 Å². The van der Waals surface area contributed by atoms with Crippen molar-refractivity contribution >= 4 is 16.9 Å². The van der Waals surface area contributed by atoms with Gasteiger partial charge >= 0.3 is 0 Å². The summed E-state index contributed by atoms with van der Waals surface area (Å²) < 4.78 is 7.57. The van der Waals surface area contributed by atoms with Crippen LogP contribution in [-0.2, 0) is 17.9 Å². The van der Waals surface area contributed by atoms with E-state index in [0.717, 1.165) is 49.6 Å². The van der Waals surface area contributed by atoms with Crippen molar-refractivity contribution in [1.29, 1.82) is 0 Å². The molecule has 0 unspecified atom stereocenters. The normalized spacial score (nSPS) is 16.2. The molecule has 23 heavy (non-hydrogen) atoms. The molecular weight excluding hydrogens is 308 g/mol. The fourth-order valence-electron chi connectivity index (χ4n) is 3.15. The first-order valence-corrected chi connectivity index (χ1v) is 8.76. The summed E-state index contributed by atoms with van der Waals surface area (Å²) in [6, 6.07) is 12.6. The number of fused-ring (bicyclic) bond motifs is 1. The highest BCUT2D eigenvalue weighted by Crippen LogP contribution is 2.33. The van der Waals surface area contributed by atoms with Crippen LogP contribution in [-0.4, -0.2) is 40.7 Å². The van der Waals surface area contributed by atoms with Crippen molar-refractivity contribution in [3.8, 4) is 10.6 Å². The number of pyridine rings is 1. The largest absolute Gasteiger partial charge is 0.392 e. The van der Waals surface area contributed by atoms with Crippen molar-refractivity contribution in [1.82, 2.24) is 9.30 Å². The molecule has 1 aliphatic rings. The maximum atomic E-state index is 9.72. The van der Waals surface area contributed by atoms with Gasteiger partial charge in [0.15, 0.2) is 0 Å². The van der Waals surface area contributed by atoms with E-state index < -0.39 is 0 Å². The summed E-state index contributed by atoms with van der Waals surface area (Å²) in [4.78, 5) is 5.00. The Morgan fingerprint density at radius 2 is 2.00 bits per heavy atom. The number of thiophene rings is 1. The van der Waals surface area contributed by atoms with Crippen LogP contribution in [0.25, 0.3) is 16.1 Å². The second-order valence-corrected chi connectivity index (χ2v) is 6.99. The number of aromatic nitrogens is 1. The van der Waals surface area contributed by atoms with Crippen molar-refractivity contribution in [3.05, 3.63) is 53.0 Å². The van der Waals surface area contributed by atoms with E-state index >= 15 is 0 Å². The molecule has 0 aliphatic carbocycles. The van der Waals surface area contributed by atoms with E-state index in [2.05, 4.69) is 39.8 Å². The Labute approximate surface area is 139 Å². The third-order valence-corrected chi connectivity index (χ3v) is 5.38. The third kappa shape index (κ3) is 2.93. The van der Waals surface area contributed by atoms with Gasteiger partial charge in [-0.3, -0.25) is 4.90 Å². The molecule has 1 fully saturated rings. The average molecular weight is 328 g/mol. The van der Waals surface area contributed by atoms with Crippen molar-refractivity contribution in [3.63, 3.8) is 0 Å². The van der Waals surface area contributed by atoms with Crippen LogP contribution in [0.1, 0.15) is 10.4 Å². The van der Waals surface area contributed by atoms with Crippen LogP contribution in [0.4, 0.5) is 0 Å². The first-order chi connectivity index (χ1) is 11.3. The fraction of sp³-hybridized carbons (Fsp3) is 0.333. The smallest absolute Gasteiger partial charge is 0.0703 e. The Bertz CT molecular complexity index is 802. The average Bonchev–Trinajstić information content (AvgIpc) is 3.19. The van der Waals surface area contributed by atoms with Crippen molar-refractivity contribution in [2.75, 3.05) is 26.3 Å². The Kier molecular flexibility index (Phi) is 4.18. The number of hydrogen-bond donors (Lipinski definition) is 1. The first kappa shape index (κ1) is 14.9. The molecule has 1 N–H and O–H groups in total.